The molecule has 2 aromatic rings. The molecule has 1 fully saturated rings. The summed E-state index contributed by atoms with van der Waals surface area (Å²) < 4.78 is 7.24. The summed E-state index contributed by atoms with van der Waals surface area (Å²) in [6, 6.07) is 4.39. The second kappa shape index (κ2) is 4.57. The first-order valence-electron chi connectivity index (χ1n) is 6.43. The van der Waals surface area contributed by atoms with Gasteiger partial charge in [-0.05, 0) is 12.3 Å². The third kappa shape index (κ3) is 2.06. The summed E-state index contributed by atoms with van der Waals surface area (Å²) in [7, 11) is 0. The fourth-order valence-electron chi connectivity index (χ4n) is 2.19. The maximum atomic E-state index is 5.39. The van der Waals surface area contributed by atoms with Gasteiger partial charge in [0.2, 0.25) is 0 Å². The topological polar surface area (TPSA) is 51.5 Å². The van der Waals surface area contributed by atoms with Gasteiger partial charge in [0.1, 0.15) is 5.82 Å². The fourth-order valence-corrected chi connectivity index (χ4v) is 2.19. The van der Waals surface area contributed by atoms with Crippen LogP contribution in [0.15, 0.2) is 18.3 Å². The Balaban J connectivity index is 1.99. The summed E-state index contributed by atoms with van der Waals surface area (Å²) in [6.45, 7) is 5.90. The Morgan fingerprint density at radius 1 is 1.50 bits per heavy atom. The molecule has 0 radical (unpaired) electrons. The van der Waals surface area contributed by atoms with Crippen LogP contribution in [0.3, 0.4) is 0 Å². The van der Waals surface area contributed by atoms with E-state index < -0.39 is 0 Å². The highest BCUT2D eigenvalue weighted by atomic mass is 16.5. The molecule has 3 rings (SSSR count). The van der Waals surface area contributed by atoms with Gasteiger partial charge in [0.15, 0.2) is 5.65 Å². The molecule has 2 aromatic heterocycles. The van der Waals surface area contributed by atoms with Gasteiger partial charge in [0.25, 0.3) is 0 Å². The minimum absolute atomic E-state index is 0.375. The van der Waals surface area contributed by atoms with Crippen LogP contribution in [-0.2, 0) is 4.74 Å². The summed E-state index contributed by atoms with van der Waals surface area (Å²) in [4.78, 5) is 4.60. The van der Waals surface area contributed by atoms with E-state index in [0.29, 0.717) is 12.0 Å². The number of nitrogens with zero attached hydrogens (tertiary/aromatic N) is 3. The summed E-state index contributed by atoms with van der Waals surface area (Å²) in [5.74, 6) is 1.41. The molecule has 96 valence electrons. The zero-order valence-corrected chi connectivity index (χ0v) is 10.8. The lowest BCUT2D eigenvalue weighted by atomic mass is 10.1. The molecule has 1 aliphatic rings. The predicted octanol–water partition coefficient (Wildman–Crippen LogP) is 2.05. The zero-order chi connectivity index (χ0) is 12.5. The van der Waals surface area contributed by atoms with Crippen LogP contribution in [0.4, 0.5) is 5.82 Å². The Morgan fingerprint density at radius 3 is 3.11 bits per heavy atom. The Hall–Kier alpha value is -1.62. The third-order valence-corrected chi connectivity index (χ3v) is 3.25. The van der Waals surface area contributed by atoms with Crippen molar-refractivity contribution in [2.75, 3.05) is 18.5 Å². The molecule has 0 saturated carbocycles. The summed E-state index contributed by atoms with van der Waals surface area (Å²) in [6.07, 6.45) is 2.82. The first-order valence-corrected chi connectivity index (χ1v) is 6.43. The minimum atomic E-state index is 0.375. The Labute approximate surface area is 106 Å². The maximum Gasteiger partial charge on any atom is 0.157 e. The quantitative estimate of drug-likeness (QED) is 0.900. The molecule has 1 atom stereocenters. The van der Waals surface area contributed by atoms with Crippen LogP contribution in [0.2, 0.25) is 0 Å². The lowest BCUT2D eigenvalue weighted by molar-refractivity contribution is 0.195. The molecule has 0 amide bonds. The maximum absolute atomic E-state index is 5.39. The smallest absolute Gasteiger partial charge is 0.157 e. The first-order chi connectivity index (χ1) is 8.74. The van der Waals surface area contributed by atoms with Crippen LogP contribution in [0.1, 0.15) is 31.9 Å². The van der Waals surface area contributed by atoms with Crippen molar-refractivity contribution in [3.8, 4) is 0 Å². The predicted molar refractivity (Wildman–Crippen MR) is 69.9 cm³/mol. The number of ether oxygens (including phenoxy) is 1. The molecule has 0 aromatic carbocycles. The fraction of sp³-hybridized carbons (Fsp3) is 0.538. The molecule has 1 N–H and O–H groups in total. The van der Waals surface area contributed by atoms with Crippen molar-refractivity contribution in [1.82, 2.24) is 14.6 Å². The second-order valence-corrected chi connectivity index (χ2v) is 5.03. The van der Waals surface area contributed by atoms with Gasteiger partial charge < -0.3 is 10.1 Å². The van der Waals surface area contributed by atoms with E-state index in [9.17, 15) is 0 Å². The average Bonchev–Trinajstić information content (AvgIpc) is 2.98. The summed E-state index contributed by atoms with van der Waals surface area (Å²) in [5.41, 5.74) is 1.98. The molecule has 0 spiro atoms. The SMILES string of the molecule is CC(C)c1cc(N[C@@H]2CCOC2)n2nccc2n1. The molecule has 5 heteroatoms. The second-order valence-electron chi connectivity index (χ2n) is 5.03. The average molecular weight is 246 g/mol. The highest BCUT2D eigenvalue weighted by molar-refractivity contribution is 5.50. The van der Waals surface area contributed by atoms with Crippen molar-refractivity contribution in [1.29, 1.82) is 0 Å². The lowest BCUT2D eigenvalue weighted by Crippen LogP contribution is -2.21. The van der Waals surface area contributed by atoms with E-state index in [1.807, 2.05) is 10.6 Å². The van der Waals surface area contributed by atoms with Gasteiger partial charge in [0, 0.05) is 24.4 Å². The van der Waals surface area contributed by atoms with E-state index in [1.165, 1.54) is 0 Å². The van der Waals surface area contributed by atoms with Crippen LogP contribution in [-0.4, -0.2) is 33.9 Å². The minimum Gasteiger partial charge on any atom is -0.379 e. The molecular formula is C13H18N4O. The van der Waals surface area contributed by atoms with Gasteiger partial charge in [-0.25, -0.2) is 4.98 Å². The molecular weight excluding hydrogens is 228 g/mol. The molecule has 0 unspecified atom stereocenters. The zero-order valence-electron chi connectivity index (χ0n) is 10.8. The number of hydrogen-bond acceptors (Lipinski definition) is 4. The van der Waals surface area contributed by atoms with Crippen molar-refractivity contribution in [3.05, 3.63) is 24.0 Å². The van der Waals surface area contributed by atoms with Crippen molar-refractivity contribution < 1.29 is 4.74 Å². The van der Waals surface area contributed by atoms with E-state index in [-0.39, 0.29) is 0 Å². The van der Waals surface area contributed by atoms with Crippen molar-refractivity contribution in [3.63, 3.8) is 0 Å². The standard InChI is InChI=1S/C13H18N4O/c1-9(2)11-7-13(15-10-4-6-18-8-10)17-12(16-11)3-5-14-17/h3,5,7,9-10,15H,4,6,8H2,1-2H3/t10-/m1/s1. The monoisotopic (exact) mass is 246 g/mol. The third-order valence-electron chi connectivity index (χ3n) is 3.25. The van der Waals surface area contributed by atoms with E-state index in [4.69, 9.17) is 4.74 Å². The Bertz CT molecular complexity index is 543. The Kier molecular flexibility index (Phi) is 2.91. The van der Waals surface area contributed by atoms with E-state index in [1.54, 1.807) is 6.20 Å². The van der Waals surface area contributed by atoms with Gasteiger partial charge in [-0.2, -0.15) is 9.61 Å². The lowest BCUT2D eigenvalue weighted by Gasteiger charge is -2.15. The van der Waals surface area contributed by atoms with Gasteiger partial charge >= 0.3 is 0 Å². The number of anilines is 1. The van der Waals surface area contributed by atoms with Gasteiger partial charge in [-0.15, -0.1) is 0 Å². The number of aromatic nitrogens is 3. The van der Waals surface area contributed by atoms with Crippen LogP contribution in [0.25, 0.3) is 5.65 Å². The van der Waals surface area contributed by atoms with E-state index >= 15 is 0 Å². The number of nitrogens with one attached hydrogen (secondary N) is 1. The van der Waals surface area contributed by atoms with Crippen LogP contribution < -0.4 is 5.32 Å². The van der Waals surface area contributed by atoms with Crippen LogP contribution >= 0.6 is 0 Å². The number of hydrogen-bond donors (Lipinski definition) is 1. The van der Waals surface area contributed by atoms with Gasteiger partial charge in [-0.1, -0.05) is 13.8 Å². The van der Waals surface area contributed by atoms with E-state index in [2.05, 4.69) is 35.3 Å². The molecule has 0 aliphatic carbocycles. The normalized spacial score (nSPS) is 19.8. The van der Waals surface area contributed by atoms with Gasteiger partial charge in [-0.3, -0.25) is 0 Å². The number of rotatable bonds is 3. The summed E-state index contributed by atoms with van der Waals surface area (Å²) >= 11 is 0. The molecule has 0 bridgehead atoms. The summed E-state index contributed by atoms with van der Waals surface area (Å²) in [5, 5.41) is 7.81. The van der Waals surface area contributed by atoms with Crippen LogP contribution in [0, 0.1) is 0 Å². The molecule has 18 heavy (non-hydrogen) atoms. The largest absolute Gasteiger partial charge is 0.379 e. The molecule has 3 heterocycles. The number of fused-ring (bicyclic) bond motifs is 1. The van der Waals surface area contributed by atoms with Crippen molar-refractivity contribution in [2.24, 2.45) is 0 Å². The highest BCUT2D eigenvalue weighted by Gasteiger charge is 2.17. The Morgan fingerprint density at radius 2 is 2.39 bits per heavy atom. The molecule has 1 aliphatic heterocycles. The van der Waals surface area contributed by atoms with Crippen LogP contribution in [0.5, 0.6) is 0 Å². The van der Waals surface area contributed by atoms with Crippen molar-refractivity contribution >= 4 is 11.5 Å². The highest BCUT2D eigenvalue weighted by Crippen LogP contribution is 2.20. The molecule has 5 nitrogen and oxygen atoms in total. The molecule has 1 saturated heterocycles. The van der Waals surface area contributed by atoms with Crippen molar-refractivity contribution in [2.45, 2.75) is 32.2 Å². The first kappa shape index (κ1) is 11.5. The van der Waals surface area contributed by atoms with E-state index in [0.717, 1.165) is 36.8 Å². The van der Waals surface area contributed by atoms with Gasteiger partial charge in [0.05, 0.1) is 18.8 Å².